The van der Waals surface area contributed by atoms with E-state index in [1.54, 1.807) is 68.4 Å². The van der Waals surface area contributed by atoms with Gasteiger partial charge in [-0.3, -0.25) is 34.7 Å². The normalized spacial score (nSPS) is 10.9. The van der Waals surface area contributed by atoms with E-state index in [0.717, 1.165) is 0 Å². The SMILES string of the molecule is Cc1[nH]n(-c2ccccc2)c(=O)c1N=Nc1cc(S(=O)(=O)O)cc([N+](=O)[O-])c1[O-].Cc1cc(N=Nc2c(C)nn(-c3ccccc3)c2[O-])c([O-])c([N+](=O)[O-])c1.[Cr+3].[Na+].[Na+]. The molecule has 21 nitrogen and oxygen atoms in total. The number of hydrogen-bond acceptors (Lipinski definition) is 15. The zero-order chi connectivity index (χ0) is 40.2. The third kappa shape index (κ3) is 11.1. The van der Waals surface area contributed by atoms with Gasteiger partial charge in [0.05, 0.1) is 44.0 Å². The van der Waals surface area contributed by atoms with E-state index in [1.165, 1.54) is 28.4 Å². The molecule has 25 heteroatoms. The Morgan fingerprint density at radius 1 is 0.724 bits per heavy atom. The molecule has 0 amide bonds. The number of benzene rings is 4. The van der Waals surface area contributed by atoms with Gasteiger partial charge in [-0.15, -0.1) is 10.2 Å². The fraction of sp³-hybridized carbons (Fsp3) is 0.0909. The Balaban J connectivity index is 0.000000382. The van der Waals surface area contributed by atoms with Crippen LogP contribution in [0.25, 0.3) is 11.4 Å². The van der Waals surface area contributed by atoms with Crippen LogP contribution in [0, 0.1) is 41.0 Å². The summed E-state index contributed by atoms with van der Waals surface area (Å²) in [6.07, 6.45) is 0. The Morgan fingerprint density at radius 2 is 1.21 bits per heavy atom. The molecule has 2 N–H and O–H groups in total. The first-order valence-corrected chi connectivity index (χ1v) is 16.9. The first-order chi connectivity index (χ1) is 26.0. The van der Waals surface area contributed by atoms with Crippen molar-refractivity contribution in [3.8, 4) is 28.8 Å². The Morgan fingerprint density at radius 3 is 1.72 bits per heavy atom. The fourth-order valence-corrected chi connectivity index (χ4v) is 5.38. The summed E-state index contributed by atoms with van der Waals surface area (Å²) in [5.41, 5.74) is -1.26. The van der Waals surface area contributed by atoms with Crippen LogP contribution in [0.1, 0.15) is 17.0 Å². The van der Waals surface area contributed by atoms with E-state index in [0.29, 0.717) is 34.8 Å². The monoisotopic (exact) mass is 867 g/mol. The molecule has 0 unspecified atom stereocenters. The molecule has 0 bridgehead atoms. The van der Waals surface area contributed by atoms with Crippen LogP contribution in [0.3, 0.4) is 0 Å². The van der Waals surface area contributed by atoms with Crippen molar-refractivity contribution >= 4 is 44.2 Å². The molecule has 0 saturated carbocycles. The van der Waals surface area contributed by atoms with Crippen LogP contribution in [0.15, 0.2) is 115 Å². The van der Waals surface area contributed by atoms with Crippen molar-refractivity contribution < 1.29 is 115 Å². The number of aryl methyl sites for hydroxylation is 3. The predicted molar refractivity (Wildman–Crippen MR) is 187 cm³/mol. The van der Waals surface area contributed by atoms with Crippen molar-refractivity contribution in [1.82, 2.24) is 19.6 Å². The summed E-state index contributed by atoms with van der Waals surface area (Å²) >= 11 is 0. The molecular formula is C33H25CrN10Na2O11S+2. The van der Waals surface area contributed by atoms with Crippen LogP contribution >= 0.6 is 0 Å². The zero-order valence-electron chi connectivity index (χ0n) is 31.0. The number of nitro benzene ring substituents is 2. The molecule has 0 spiro atoms. The van der Waals surface area contributed by atoms with Crippen molar-refractivity contribution in [2.45, 2.75) is 25.7 Å². The van der Waals surface area contributed by atoms with Crippen LogP contribution in [-0.2, 0) is 27.5 Å². The van der Waals surface area contributed by atoms with Gasteiger partial charge in [0.15, 0.2) is 5.69 Å². The number of nitrogens with zero attached hydrogens (tertiary/aromatic N) is 9. The third-order valence-electron chi connectivity index (χ3n) is 7.47. The van der Waals surface area contributed by atoms with Crippen molar-refractivity contribution in [3.05, 3.63) is 132 Å². The quantitative estimate of drug-likeness (QED) is 0.0586. The third-order valence-corrected chi connectivity index (χ3v) is 8.30. The standard InChI is InChI=1S/C17H15N5O4.C16H13N5O7S.Cr.2Na/c1-10-8-13(16(23)14(9-10)22(25)26)18-19-15-11(2)20-21(17(15)24)12-6-4-3-5-7-12;1-9-14(16(23)20(19-9)10-5-3-2-4-6-10)18-17-12-7-11(29(26,27)28)8-13(15(12)22)21(24)25;;;/h3-9,23-24H,1-2H3;2-8,19,22H,1H3,(H,26,27,28);;;/q;;+3;2*+1/p-3. The topological polar surface area (TPSA) is 315 Å². The van der Waals surface area contributed by atoms with E-state index in [1.807, 2.05) is 6.07 Å². The molecule has 0 fully saturated rings. The van der Waals surface area contributed by atoms with E-state index < -0.39 is 64.9 Å². The Labute approximate surface area is 382 Å². The summed E-state index contributed by atoms with van der Waals surface area (Å²) in [4.78, 5) is 31.7. The van der Waals surface area contributed by atoms with E-state index in [9.17, 15) is 48.8 Å². The van der Waals surface area contributed by atoms with Crippen molar-refractivity contribution in [2.24, 2.45) is 20.5 Å². The molecule has 285 valence electrons. The number of nitro groups is 2. The van der Waals surface area contributed by atoms with Crippen LogP contribution in [0.5, 0.6) is 17.4 Å². The molecular weight excluding hydrogens is 842 g/mol. The molecule has 0 saturated heterocycles. The Bertz CT molecular complexity index is 2690. The average Bonchev–Trinajstić information content (AvgIpc) is 3.59. The minimum absolute atomic E-state index is 0. The van der Waals surface area contributed by atoms with Gasteiger partial charge in [-0.05, 0) is 62.7 Å². The molecule has 6 aromatic rings. The summed E-state index contributed by atoms with van der Waals surface area (Å²) in [5.74, 6) is -2.57. The fourth-order valence-electron chi connectivity index (χ4n) is 4.86. The maximum absolute atomic E-state index is 12.6. The Hall–Kier alpha value is -5.06. The molecule has 1 radical (unpaired) electrons. The zero-order valence-corrected chi connectivity index (χ0v) is 37.0. The number of para-hydroxylation sites is 2. The smallest absolute Gasteiger partial charge is 0.866 e. The summed E-state index contributed by atoms with van der Waals surface area (Å²) < 4.78 is 34.1. The number of H-pyrrole nitrogens is 1. The van der Waals surface area contributed by atoms with Crippen LogP contribution < -0.4 is 80.0 Å². The van der Waals surface area contributed by atoms with Gasteiger partial charge >= 0.3 is 76.5 Å². The molecule has 0 aliphatic heterocycles. The van der Waals surface area contributed by atoms with E-state index >= 15 is 0 Å². The van der Waals surface area contributed by atoms with Gasteiger partial charge < -0.3 is 15.3 Å². The van der Waals surface area contributed by atoms with Crippen molar-refractivity contribution in [1.29, 1.82) is 0 Å². The first kappa shape index (κ1) is 49.1. The summed E-state index contributed by atoms with van der Waals surface area (Å²) in [5, 5.41) is 80.4. The van der Waals surface area contributed by atoms with Gasteiger partial charge in [0, 0.05) is 29.5 Å². The predicted octanol–water partition coefficient (Wildman–Crippen LogP) is -0.917. The molecule has 6 rings (SSSR count). The van der Waals surface area contributed by atoms with Gasteiger partial charge in [-0.25, -0.2) is 9.36 Å². The molecule has 0 aliphatic rings. The summed E-state index contributed by atoms with van der Waals surface area (Å²) in [6, 6.07) is 20.9. The van der Waals surface area contributed by atoms with E-state index in [2.05, 4.69) is 30.7 Å². The maximum atomic E-state index is 12.6. The summed E-state index contributed by atoms with van der Waals surface area (Å²) in [6.45, 7) is 4.71. The van der Waals surface area contributed by atoms with Crippen molar-refractivity contribution in [2.75, 3.05) is 0 Å². The van der Waals surface area contributed by atoms with Gasteiger partial charge in [-0.2, -0.15) is 23.7 Å². The number of hydrogen-bond donors (Lipinski definition) is 2. The minimum Gasteiger partial charge on any atom is -0.866 e. The van der Waals surface area contributed by atoms with Crippen LogP contribution in [-0.4, -0.2) is 42.4 Å². The van der Waals surface area contributed by atoms with Gasteiger partial charge in [-0.1, -0.05) is 36.4 Å². The number of aromatic amines is 1. The van der Waals surface area contributed by atoms with Crippen LogP contribution in [0.4, 0.5) is 34.1 Å². The number of rotatable bonds is 9. The largest absolute Gasteiger partial charge is 3.00 e. The molecule has 0 atom stereocenters. The molecule has 4 aromatic carbocycles. The van der Waals surface area contributed by atoms with Gasteiger partial charge in [0.2, 0.25) is 0 Å². The van der Waals surface area contributed by atoms with Crippen molar-refractivity contribution in [3.63, 3.8) is 0 Å². The second-order valence-electron chi connectivity index (χ2n) is 11.4. The molecule has 2 heterocycles. The number of aromatic nitrogens is 4. The summed E-state index contributed by atoms with van der Waals surface area (Å²) in [7, 11) is -4.85. The van der Waals surface area contributed by atoms with Gasteiger partial charge in [0.25, 0.3) is 27.1 Å². The number of nitrogens with one attached hydrogen (secondary N) is 1. The second kappa shape index (κ2) is 20.6. The Kier molecular flexibility index (Phi) is 17.4. The average molecular weight is 868 g/mol. The second-order valence-corrected chi connectivity index (χ2v) is 12.8. The van der Waals surface area contributed by atoms with E-state index in [-0.39, 0.29) is 99.2 Å². The maximum Gasteiger partial charge on any atom is 3.00 e. The number of azo groups is 2. The molecule has 0 aliphatic carbocycles. The molecule has 2 aromatic heterocycles. The van der Waals surface area contributed by atoms with Crippen LogP contribution in [0.2, 0.25) is 0 Å². The first-order valence-electron chi connectivity index (χ1n) is 15.4. The van der Waals surface area contributed by atoms with Gasteiger partial charge in [0.1, 0.15) is 10.6 Å². The molecule has 58 heavy (non-hydrogen) atoms. The minimum atomic E-state index is -4.85. The van der Waals surface area contributed by atoms with E-state index in [4.69, 9.17) is 4.55 Å².